The molecule has 3 nitrogen and oxygen atoms in total. The summed E-state index contributed by atoms with van der Waals surface area (Å²) in [5, 5.41) is 6.09. The maximum atomic E-state index is 5.94. The number of hydrogen-bond acceptors (Lipinski definition) is 2. The molecule has 0 radical (unpaired) electrons. The number of aromatic nitrogens is 2. The quantitative estimate of drug-likeness (QED) is 0.444. The van der Waals surface area contributed by atoms with Crippen molar-refractivity contribution in [2.24, 2.45) is 5.73 Å². The smallest absolute Gasteiger partial charge is 0.0755 e. The van der Waals surface area contributed by atoms with Crippen LogP contribution in [-0.2, 0) is 0 Å². The molecule has 7 heteroatoms. The molecule has 3 rings (SSSR count). The number of rotatable bonds is 1. The minimum absolute atomic E-state index is 0.597. The van der Waals surface area contributed by atoms with E-state index in [1.807, 2.05) is 29.7 Å². The van der Waals surface area contributed by atoms with Crippen molar-refractivity contribution in [2.75, 3.05) is 6.54 Å². The third-order valence-corrected chi connectivity index (χ3v) is 4.80. The van der Waals surface area contributed by atoms with Gasteiger partial charge in [0.1, 0.15) is 0 Å². The molecule has 1 aliphatic rings. The van der Waals surface area contributed by atoms with Crippen molar-refractivity contribution < 1.29 is 0 Å². The third-order valence-electron chi connectivity index (χ3n) is 2.04. The second-order valence-electron chi connectivity index (χ2n) is 3.93. The zero-order chi connectivity index (χ0) is 14.3. The van der Waals surface area contributed by atoms with Crippen molar-refractivity contribution in [3.8, 4) is 0 Å². The molecule has 1 atom stereocenters. The zero-order valence-electron chi connectivity index (χ0n) is 10.7. The van der Waals surface area contributed by atoms with Gasteiger partial charge in [0.2, 0.25) is 0 Å². The molecule has 2 N–H and O–H groups in total. The van der Waals surface area contributed by atoms with Crippen molar-refractivity contribution in [1.82, 2.24) is 9.55 Å². The van der Waals surface area contributed by atoms with Crippen molar-refractivity contribution >= 4 is 66.8 Å². The van der Waals surface area contributed by atoms with Crippen LogP contribution in [-0.4, -0.2) is 16.1 Å². The molecule has 0 bridgehead atoms. The lowest BCUT2D eigenvalue weighted by Gasteiger charge is -1.98. The van der Waals surface area contributed by atoms with Gasteiger partial charge in [-0.25, -0.2) is 4.45 Å². The van der Waals surface area contributed by atoms with E-state index in [-0.39, 0.29) is 0 Å². The minimum Gasteiger partial charge on any atom is -0.331 e. The summed E-state index contributed by atoms with van der Waals surface area (Å²) in [7, 11) is 0. The van der Waals surface area contributed by atoms with Gasteiger partial charge in [-0.1, -0.05) is 37.8 Å². The fourth-order valence-corrected chi connectivity index (χ4v) is 3.55. The second kappa shape index (κ2) is 9.50. The van der Waals surface area contributed by atoms with Crippen LogP contribution in [0.5, 0.6) is 0 Å². The standard InChI is InChI=1S/C7H4BrClIN2P.C3H6.C2H7N/c8-6-1-4(9)2-7-5(6)3-11-12(7)13-10;1-2-3-1;1-2-3/h1-3,13H;1-3H2;2-3H2,1H3. The Labute approximate surface area is 142 Å². The summed E-state index contributed by atoms with van der Waals surface area (Å²) in [6.07, 6.45) is 6.95. The van der Waals surface area contributed by atoms with Crippen LogP contribution in [0.4, 0.5) is 0 Å². The van der Waals surface area contributed by atoms with E-state index < -0.39 is 0 Å². The molecule has 1 saturated carbocycles. The van der Waals surface area contributed by atoms with E-state index in [4.69, 9.17) is 17.3 Å². The molecule has 1 heterocycles. The van der Waals surface area contributed by atoms with Crippen LogP contribution in [0.1, 0.15) is 26.2 Å². The molecule has 1 aromatic heterocycles. The summed E-state index contributed by atoms with van der Waals surface area (Å²) in [5.41, 5.74) is 5.92. The van der Waals surface area contributed by atoms with Crippen LogP contribution < -0.4 is 5.73 Å². The van der Waals surface area contributed by atoms with Gasteiger partial charge in [0, 0.05) is 14.9 Å². The lowest BCUT2D eigenvalue weighted by molar-refractivity contribution is 1.04. The Morgan fingerprint density at radius 2 is 2.05 bits per heavy atom. The molecule has 0 aliphatic heterocycles. The number of hydrogen-bond donors (Lipinski definition) is 1. The number of halogens is 3. The summed E-state index contributed by atoms with van der Waals surface area (Å²) in [6, 6.07) is 3.81. The monoisotopic (exact) mass is 475 g/mol. The first-order valence-corrected chi connectivity index (χ1v) is 11.3. The van der Waals surface area contributed by atoms with E-state index in [1.54, 1.807) is 0 Å². The Morgan fingerprint density at radius 3 is 2.53 bits per heavy atom. The fourth-order valence-electron chi connectivity index (χ4n) is 1.12. The largest absolute Gasteiger partial charge is 0.331 e. The average molecular weight is 477 g/mol. The van der Waals surface area contributed by atoms with E-state index >= 15 is 0 Å². The summed E-state index contributed by atoms with van der Waals surface area (Å²) in [5.74, 6) is 0. The summed E-state index contributed by atoms with van der Waals surface area (Å²) < 4.78 is 2.93. The first-order chi connectivity index (χ1) is 9.13. The minimum atomic E-state index is 0.597. The Kier molecular flexibility index (Phi) is 8.82. The lowest BCUT2D eigenvalue weighted by atomic mass is 10.3. The van der Waals surface area contributed by atoms with Crippen molar-refractivity contribution in [1.29, 1.82) is 0 Å². The maximum absolute atomic E-state index is 5.94. The van der Waals surface area contributed by atoms with Crippen LogP contribution in [0.25, 0.3) is 10.9 Å². The van der Waals surface area contributed by atoms with Crippen molar-refractivity contribution in [3.05, 3.63) is 27.8 Å². The number of nitrogens with zero attached hydrogens (tertiary/aromatic N) is 2. The van der Waals surface area contributed by atoms with E-state index in [1.165, 1.54) is 19.3 Å². The predicted molar refractivity (Wildman–Crippen MR) is 98.8 cm³/mol. The molecular formula is C12H17BrClIN3P. The molecule has 0 saturated heterocycles. The van der Waals surface area contributed by atoms with Gasteiger partial charge in [-0.15, -0.1) is 0 Å². The first-order valence-electron chi connectivity index (χ1n) is 6.03. The zero-order valence-corrected chi connectivity index (χ0v) is 16.2. The van der Waals surface area contributed by atoms with Gasteiger partial charge in [-0.3, -0.25) is 0 Å². The highest BCUT2D eigenvalue weighted by atomic mass is 127. The summed E-state index contributed by atoms with van der Waals surface area (Å²) in [6.45, 7) is 2.65. The van der Waals surface area contributed by atoms with E-state index in [0.29, 0.717) is 6.37 Å². The van der Waals surface area contributed by atoms with E-state index in [9.17, 15) is 0 Å². The number of benzene rings is 1. The Balaban J connectivity index is 0.000000251. The van der Waals surface area contributed by atoms with E-state index in [0.717, 1.165) is 26.9 Å². The number of nitrogens with two attached hydrogens (primary N) is 1. The highest BCUT2D eigenvalue weighted by Gasteiger charge is 2.06. The number of fused-ring (bicyclic) bond motifs is 1. The summed E-state index contributed by atoms with van der Waals surface area (Å²) >= 11 is 11.7. The SMILES string of the molecule is C1CC1.CCN.Clc1cc(Br)c2cnn(PI)c2c1. The van der Waals surface area contributed by atoms with Gasteiger partial charge in [0.05, 0.1) is 18.1 Å². The average Bonchev–Trinajstić information content (AvgIpc) is 3.18. The molecule has 0 spiro atoms. The normalized spacial score (nSPS) is 12.9. The molecule has 2 aromatic rings. The van der Waals surface area contributed by atoms with Crippen LogP contribution in [0.3, 0.4) is 0 Å². The lowest BCUT2D eigenvalue weighted by Crippen LogP contribution is -1.87. The molecular weight excluding hydrogens is 459 g/mol. The maximum Gasteiger partial charge on any atom is 0.0755 e. The topological polar surface area (TPSA) is 43.8 Å². The molecule has 1 aromatic carbocycles. The van der Waals surface area contributed by atoms with Crippen LogP contribution in [0.2, 0.25) is 5.02 Å². The Hall–Kier alpha value is 0.580. The molecule has 1 aliphatic carbocycles. The van der Waals surface area contributed by atoms with Crippen molar-refractivity contribution in [2.45, 2.75) is 26.2 Å². The van der Waals surface area contributed by atoms with Gasteiger partial charge in [0.25, 0.3) is 0 Å². The van der Waals surface area contributed by atoms with E-state index in [2.05, 4.69) is 43.1 Å². The fraction of sp³-hybridized carbons (Fsp3) is 0.417. The van der Waals surface area contributed by atoms with Gasteiger partial charge < -0.3 is 5.73 Å². The van der Waals surface area contributed by atoms with Crippen LogP contribution in [0, 0.1) is 0 Å². The van der Waals surface area contributed by atoms with Crippen LogP contribution in [0.15, 0.2) is 22.8 Å². The summed E-state index contributed by atoms with van der Waals surface area (Å²) in [4.78, 5) is 0. The van der Waals surface area contributed by atoms with Gasteiger partial charge in [-0.2, -0.15) is 5.10 Å². The second-order valence-corrected chi connectivity index (χ2v) is 7.26. The molecule has 1 unspecified atom stereocenters. The molecule has 0 amide bonds. The van der Waals surface area contributed by atoms with Gasteiger partial charge in [0.15, 0.2) is 0 Å². The predicted octanol–water partition coefficient (Wildman–Crippen LogP) is 5.38. The molecule has 106 valence electrons. The molecule has 19 heavy (non-hydrogen) atoms. The highest BCUT2D eigenvalue weighted by Crippen LogP contribution is 2.33. The molecule has 1 fully saturated rings. The van der Waals surface area contributed by atoms with Crippen LogP contribution >= 0.6 is 55.9 Å². The first kappa shape index (κ1) is 17.6. The highest BCUT2D eigenvalue weighted by molar-refractivity contribution is 14.2. The Bertz CT molecular complexity index is 516. The van der Waals surface area contributed by atoms with Crippen molar-refractivity contribution in [3.63, 3.8) is 0 Å². The Morgan fingerprint density at radius 1 is 1.47 bits per heavy atom. The van der Waals surface area contributed by atoms with Gasteiger partial charge >= 0.3 is 0 Å². The third kappa shape index (κ3) is 6.25. The van der Waals surface area contributed by atoms with Gasteiger partial charge in [-0.05, 0) is 56.6 Å².